The van der Waals surface area contributed by atoms with E-state index < -0.39 is 0 Å². The number of carbonyl (C=O) groups is 1. The van der Waals surface area contributed by atoms with Gasteiger partial charge in [0.05, 0.1) is 0 Å². The Morgan fingerprint density at radius 2 is 1.87 bits per heavy atom. The summed E-state index contributed by atoms with van der Waals surface area (Å²) < 4.78 is 5.53. The first-order chi connectivity index (χ1) is 7.06. The molecule has 0 N–H and O–H groups in total. The number of esters is 1. The first-order valence-corrected chi connectivity index (χ1v) is 5.95. The number of carbonyl (C=O) groups excluding carboxylic acids is 1. The van der Waals surface area contributed by atoms with Crippen LogP contribution in [0.25, 0.3) is 0 Å². The average Bonchev–Trinajstić information content (AvgIpc) is 2.22. The quantitative estimate of drug-likeness (QED) is 0.527. The summed E-state index contributed by atoms with van der Waals surface area (Å²) in [5.41, 5.74) is 0.583. The van der Waals surface area contributed by atoms with Gasteiger partial charge in [-0.1, -0.05) is 33.8 Å². The van der Waals surface area contributed by atoms with Crippen molar-refractivity contribution in [2.24, 2.45) is 11.8 Å². The predicted octanol–water partition coefficient (Wildman–Crippen LogP) is 3.32. The molecule has 0 radical (unpaired) electrons. The minimum atomic E-state index is -0.205. The first-order valence-electron chi connectivity index (χ1n) is 5.95. The monoisotopic (exact) mass is 210 g/mol. The zero-order chi connectivity index (χ0) is 11.4. The molecule has 1 aliphatic carbocycles. The molecular weight excluding hydrogens is 188 g/mol. The summed E-state index contributed by atoms with van der Waals surface area (Å²) in [4.78, 5) is 11.6. The smallest absolute Gasteiger partial charge is 0.333 e. The molecule has 2 unspecified atom stereocenters. The van der Waals surface area contributed by atoms with Crippen molar-refractivity contribution < 1.29 is 9.53 Å². The molecule has 2 heteroatoms. The van der Waals surface area contributed by atoms with Crippen LogP contribution in [0.4, 0.5) is 0 Å². The Bertz CT molecular complexity index is 235. The summed E-state index contributed by atoms with van der Waals surface area (Å²) in [7, 11) is 0. The van der Waals surface area contributed by atoms with Gasteiger partial charge in [-0.2, -0.15) is 0 Å². The van der Waals surface area contributed by atoms with Crippen LogP contribution < -0.4 is 0 Å². The van der Waals surface area contributed by atoms with Crippen molar-refractivity contribution >= 4 is 5.97 Å². The molecule has 0 saturated heterocycles. The highest BCUT2D eigenvalue weighted by molar-refractivity contribution is 5.87. The van der Waals surface area contributed by atoms with E-state index in [0.29, 0.717) is 23.8 Å². The second kappa shape index (κ2) is 5.34. The maximum atomic E-state index is 11.6. The van der Waals surface area contributed by atoms with Crippen LogP contribution in [-0.2, 0) is 9.53 Å². The van der Waals surface area contributed by atoms with Crippen LogP contribution in [0, 0.1) is 11.8 Å². The lowest BCUT2D eigenvalue weighted by Crippen LogP contribution is -2.35. The maximum absolute atomic E-state index is 11.6. The number of ether oxygens (including phenoxy) is 1. The van der Waals surface area contributed by atoms with Crippen LogP contribution in [0.1, 0.15) is 46.5 Å². The van der Waals surface area contributed by atoms with Crippen molar-refractivity contribution in [1.29, 1.82) is 0 Å². The van der Waals surface area contributed by atoms with Crippen molar-refractivity contribution in [3.05, 3.63) is 12.2 Å². The lowest BCUT2D eigenvalue weighted by molar-refractivity contribution is -0.151. The Labute approximate surface area is 92.7 Å². The molecule has 1 saturated carbocycles. The lowest BCUT2D eigenvalue weighted by Gasteiger charge is -2.34. The normalized spacial score (nSPS) is 31.0. The molecule has 15 heavy (non-hydrogen) atoms. The van der Waals surface area contributed by atoms with Gasteiger partial charge in [0.1, 0.15) is 6.10 Å². The van der Waals surface area contributed by atoms with E-state index in [9.17, 15) is 4.79 Å². The molecule has 2 nitrogen and oxygen atoms in total. The zero-order valence-corrected chi connectivity index (χ0v) is 10.1. The SMILES string of the molecule is C=C(CC)C(=O)OC1C(C)CCCC1C. The summed E-state index contributed by atoms with van der Waals surface area (Å²) >= 11 is 0. The summed E-state index contributed by atoms with van der Waals surface area (Å²) in [6, 6.07) is 0. The molecule has 0 spiro atoms. The lowest BCUT2D eigenvalue weighted by atomic mass is 9.80. The second-order valence-electron chi connectivity index (χ2n) is 4.71. The molecule has 86 valence electrons. The Balaban J connectivity index is 2.55. The molecule has 2 atom stereocenters. The third-order valence-electron chi connectivity index (χ3n) is 3.40. The fourth-order valence-corrected chi connectivity index (χ4v) is 2.23. The fourth-order valence-electron chi connectivity index (χ4n) is 2.23. The van der Waals surface area contributed by atoms with Crippen molar-refractivity contribution in [3.8, 4) is 0 Å². The molecule has 0 amide bonds. The molecule has 1 aliphatic rings. The molecule has 0 aromatic heterocycles. The highest BCUT2D eigenvalue weighted by Gasteiger charge is 2.31. The van der Waals surface area contributed by atoms with Gasteiger partial charge in [-0.05, 0) is 31.1 Å². The van der Waals surface area contributed by atoms with Crippen molar-refractivity contribution in [2.75, 3.05) is 0 Å². The number of hydrogen-bond acceptors (Lipinski definition) is 2. The van der Waals surface area contributed by atoms with Gasteiger partial charge in [-0.15, -0.1) is 0 Å². The van der Waals surface area contributed by atoms with Gasteiger partial charge in [0.15, 0.2) is 0 Å². The van der Waals surface area contributed by atoms with Gasteiger partial charge in [-0.3, -0.25) is 0 Å². The first kappa shape index (κ1) is 12.3. The second-order valence-corrected chi connectivity index (χ2v) is 4.71. The van der Waals surface area contributed by atoms with Crippen LogP contribution >= 0.6 is 0 Å². The van der Waals surface area contributed by atoms with Crippen molar-refractivity contribution in [1.82, 2.24) is 0 Å². The Kier molecular flexibility index (Phi) is 4.37. The van der Waals surface area contributed by atoms with E-state index in [0.717, 1.165) is 0 Å². The minimum absolute atomic E-state index is 0.0922. The zero-order valence-electron chi connectivity index (χ0n) is 10.1. The van der Waals surface area contributed by atoms with Gasteiger partial charge in [0.25, 0.3) is 0 Å². The van der Waals surface area contributed by atoms with Gasteiger partial charge < -0.3 is 4.74 Å². The van der Waals surface area contributed by atoms with E-state index in [4.69, 9.17) is 4.74 Å². The Hall–Kier alpha value is -0.790. The standard InChI is InChI=1S/C13H22O2/c1-5-9(2)13(14)15-12-10(3)7-6-8-11(12)4/h10-12H,2,5-8H2,1,3-4H3. The molecule has 1 rings (SSSR count). The third-order valence-corrected chi connectivity index (χ3v) is 3.40. The van der Waals surface area contributed by atoms with E-state index in [1.54, 1.807) is 0 Å². The van der Waals surface area contributed by atoms with Gasteiger partial charge in [0.2, 0.25) is 0 Å². The summed E-state index contributed by atoms with van der Waals surface area (Å²) in [5.74, 6) is 0.771. The minimum Gasteiger partial charge on any atom is -0.458 e. The molecule has 0 aliphatic heterocycles. The van der Waals surface area contributed by atoms with E-state index in [1.807, 2.05) is 6.92 Å². The molecule has 1 fully saturated rings. The molecule has 0 aromatic rings. The van der Waals surface area contributed by atoms with Crippen LogP contribution in [0.5, 0.6) is 0 Å². The van der Waals surface area contributed by atoms with Crippen molar-refractivity contribution in [3.63, 3.8) is 0 Å². The topological polar surface area (TPSA) is 26.3 Å². The van der Waals surface area contributed by atoms with E-state index in [2.05, 4.69) is 20.4 Å². The fraction of sp³-hybridized carbons (Fsp3) is 0.769. The van der Waals surface area contributed by atoms with Crippen LogP contribution in [0.15, 0.2) is 12.2 Å². The Morgan fingerprint density at radius 1 is 1.33 bits per heavy atom. The maximum Gasteiger partial charge on any atom is 0.333 e. The average molecular weight is 210 g/mol. The van der Waals surface area contributed by atoms with Gasteiger partial charge in [0, 0.05) is 5.57 Å². The molecule has 0 heterocycles. The Morgan fingerprint density at radius 3 is 2.33 bits per heavy atom. The number of hydrogen-bond donors (Lipinski definition) is 0. The van der Waals surface area contributed by atoms with Crippen molar-refractivity contribution in [2.45, 2.75) is 52.6 Å². The summed E-state index contributed by atoms with van der Waals surface area (Å²) in [6.07, 6.45) is 4.36. The number of rotatable bonds is 3. The highest BCUT2D eigenvalue weighted by Crippen LogP contribution is 2.31. The van der Waals surface area contributed by atoms with Gasteiger partial charge in [-0.25, -0.2) is 4.79 Å². The van der Waals surface area contributed by atoms with Crippen LogP contribution in [0.2, 0.25) is 0 Å². The highest BCUT2D eigenvalue weighted by atomic mass is 16.5. The van der Waals surface area contributed by atoms with E-state index in [1.165, 1.54) is 19.3 Å². The molecule has 0 aromatic carbocycles. The largest absolute Gasteiger partial charge is 0.458 e. The van der Waals surface area contributed by atoms with Crippen LogP contribution in [-0.4, -0.2) is 12.1 Å². The van der Waals surface area contributed by atoms with E-state index >= 15 is 0 Å². The molecule has 0 bridgehead atoms. The molecular formula is C13H22O2. The summed E-state index contributed by atoms with van der Waals surface area (Å²) in [6.45, 7) is 9.98. The summed E-state index contributed by atoms with van der Waals surface area (Å²) in [5, 5.41) is 0. The van der Waals surface area contributed by atoms with Crippen LogP contribution in [0.3, 0.4) is 0 Å². The van der Waals surface area contributed by atoms with Gasteiger partial charge >= 0.3 is 5.97 Å². The predicted molar refractivity (Wildman–Crippen MR) is 61.5 cm³/mol. The van der Waals surface area contributed by atoms with E-state index in [-0.39, 0.29) is 12.1 Å². The third kappa shape index (κ3) is 3.08.